The van der Waals surface area contributed by atoms with E-state index < -0.39 is 11.9 Å². The Bertz CT molecular complexity index is 1080. The number of carbonyl (C=O) groups is 1. The van der Waals surface area contributed by atoms with E-state index >= 15 is 0 Å². The number of nitrogens with zero attached hydrogens (tertiary/aromatic N) is 5. The third-order valence-corrected chi connectivity index (χ3v) is 7.91. The van der Waals surface area contributed by atoms with Gasteiger partial charge in [0.15, 0.2) is 11.0 Å². The van der Waals surface area contributed by atoms with Gasteiger partial charge in [0.1, 0.15) is 12.1 Å². The monoisotopic (exact) mass is 476 g/mol. The molecule has 0 radical (unpaired) electrons. The molecule has 2 aromatic rings. The number of halogens is 2. The molecule has 2 atom stereocenters. The second-order valence-corrected chi connectivity index (χ2v) is 9.82. The largest absolute Gasteiger partial charge is 0.461 e. The van der Waals surface area contributed by atoms with Crippen LogP contribution >= 0.6 is 11.6 Å². The van der Waals surface area contributed by atoms with Crippen LogP contribution in [0.1, 0.15) is 38.5 Å². The molecule has 4 aliphatic heterocycles. The van der Waals surface area contributed by atoms with Gasteiger partial charge in [0.2, 0.25) is 5.88 Å². The minimum absolute atomic E-state index is 0.0242. The quantitative estimate of drug-likeness (QED) is 0.673. The van der Waals surface area contributed by atoms with Gasteiger partial charge in [0, 0.05) is 31.4 Å². The third kappa shape index (κ3) is 3.59. The normalized spacial score (nSPS) is 26.1. The van der Waals surface area contributed by atoms with Gasteiger partial charge >= 0.3 is 12.1 Å². The first-order chi connectivity index (χ1) is 16.0. The van der Waals surface area contributed by atoms with E-state index in [2.05, 4.69) is 25.2 Å². The number of rotatable bonds is 4. The Morgan fingerprint density at radius 1 is 1.21 bits per heavy atom. The fraction of sp³-hybridized carbons (Fsp3) is 0.636. The molecular formula is C22H26ClFN6O3. The van der Waals surface area contributed by atoms with E-state index in [0.29, 0.717) is 6.61 Å². The van der Waals surface area contributed by atoms with Gasteiger partial charge < -0.3 is 14.8 Å². The molecule has 2 aromatic heterocycles. The van der Waals surface area contributed by atoms with Crippen molar-refractivity contribution in [2.24, 2.45) is 0 Å². The van der Waals surface area contributed by atoms with E-state index in [1.54, 1.807) is 4.90 Å². The number of nitrogens with one attached hydrogen (secondary N) is 1. The lowest BCUT2D eigenvalue weighted by Gasteiger charge is -2.34. The molecular weight excluding hydrogens is 451 g/mol. The summed E-state index contributed by atoms with van der Waals surface area (Å²) in [5.41, 5.74) is -0.0953. The summed E-state index contributed by atoms with van der Waals surface area (Å²) in [5.74, 6) is -0.851. The Hall–Kier alpha value is -2.30. The number of amides is 1. The lowest BCUT2D eigenvalue weighted by molar-refractivity contribution is 0.104. The predicted octanol–water partition coefficient (Wildman–Crippen LogP) is 2.76. The maximum Gasteiger partial charge on any atom is 0.417 e. The maximum absolute atomic E-state index is 14.8. The van der Waals surface area contributed by atoms with Crippen LogP contribution in [0.3, 0.4) is 0 Å². The molecule has 33 heavy (non-hydrogen) atoms. The number of pyridine rings is 1. The highest BCUT2D eigenvalue weighted by Gasteiger charge is 2.45. The fourth-order valence-electron chi connectivity index (χ4n) is 6.00. The number of hydrogen-bond donors (Lipinski definition) is 1. The molecule has 1 N–H and O–H groups in total. The van der Waals surface area contributed by atoms with Crippen LogP contribution in [0.5, 0.6) is 11.9 Å². The molecule has 0 saturated carbocycles. The van der Waals surface area contributed by atoms with Crippen molar-refractivity contribution < 1.29 is 18.7 Å². The molecule has 6 rings (SSSR count). The van der Waals surface area contributed by atoms with Crippen molar-refractivity contribution in [2.45, 2.75) is 56.1 Å². The standard InChI is InChI=1S/C22H26ClFN6O3/c23-18-16(24)17-15(11-26-18)19(33-21(31)30-13-3-4-14(30)10-25-9-13)28-20(27-17)32-12-22-5-1-7-29(22)8-2-6-22/h11,13-14,25H,1-10,12H2. The van der Waals surface area contributed by atoms with Crippen LogP contribution < -0.4 is 14.8 Å². The van der Waals surface area contributed by atoms with E-state index in [-0.39, 0.29) is 45.6 Å². The molecule has 4 fully saturated rings. The molecule has 0 aliphatic carbocycles. The summed E-state index contributed by atoms with van der Waals surface area (Å²) < 4.78 is 26.6. The van der Waals surface area contributed by atoms with E-state index in [0.717, 1.165) is 64.7 Å². The zero-order valence-corrected chi connectivity index (χ0v) is 19.0. The van der Waals surface area contributed by atoms with Crippen molar-refractivity contribution in [3.05, 3.63) is 17.2 Å². The number of ether oxygens (including phenoxy) is 2. The van der Waals surface area contributed by atoms with E-state index in [9.17, 15) is 9.18 Å². The summed E-state index contributed by atoms with van der Waals surface area (Å²) in [5, 5.41) is 3.21. The molecule has 6 heterocycles. The van der Waals surface area contributed by atoms with Crippen LogP contribution in [0.2, 0.25) is 5.15 Å². The predicted molar refractivity (Wildman–Crippen MR) is 118 cm³/mol. The van der Waals surface area contributed by atoms with E-state index in [4.69, 9.17) is 21.1 Å². The lowest BCUT2D eigenvalue weighted by atomic mass is 9.95. The van der Waals surface area contributed by atoms with Crippen LogP contribution in [-0.2, 0) is 0 Å². The second-order valence-electron chi connectivity index (χ2n) is 9.46. The van der Waals surface area contributed by atoms with Crippen molar-refractivity contribution in [1.82, 2.24) is 30.1 Å². The summed E-state index contributed by atoms with van der Waals surface area (Å²) in [4.78, 5) is 29.8. The molecule has 11 heteroatoms. The number of fused-ring (bicyclic) bond motifs is 4. The van der Waals surface area contributed by atoms with Crippen LogP contribution in [0.25, 0.3) is 10.9 Å². The zero-order chi connectivity index (χ0) is 22.6. The molecule has 9 nitrogen and oxygen atoms in total. The summed E-state index contributed by atoms with van der Waals surface area (Å²) in [7, 11) is 0. The van der Waals surface area contributed by atoms with E-state index in [1.165, 1.54) is 6.20 Å². The highest BCUT2D eigenvalue weighted by molar-refractivity contribution is 6.30. The van der Waals surface area contributed by atoms with Gasteiger partial charge in [-0.25, -0.2) is 14.2 Å². The maximum atomic E-state index is 14.8. The Kier molecular flexibility index (Phi) is 5.26. The summed E-state index contributed by atoms with van der Waals surface area (Å²) in [6, 6.07) is 0.140. The zero-order valence-electron chi connectivity index (χ0n) is 18.2. The topological polar surface area (TPSA) is 92.7 Å². The smallest absolute Gasteiger partial charge is 0.417 e. The lowest BCUT2D eigenvalue weighted by Crippen LogP contribution is -2.55. The average molecular weight is 477 g/mol. The van der Waals surface area contributed by atoms with Crippen LogP contribution in [0.15, 0.2) is 6.20 Å². The van der Waals surface area contributed by atoms with Gasteiger partial charge in [-0.1, -0.05) is 11.6 Å². The van der Waals surface area contributed by atoms with Gasteiger partial charge in [-0.2, -0.15) is 9.97 Å². The molecule has 0 spiro atoms. The Morgan fingerprint density at radius 2 is 1.94 bits per heavy atom. The number of hydrogen-bond acceptors (Lipinski definition) is 8. The summed E-state index contributed by atoms with van der Waals surface area (Å²) in [6.45, 7) is 4.00. The summed E-state index contributed by atoms with van der Waals surface area (Å²) >= 11 is 5.90. The number of carbonyl (C=O) groups excluding carboxylic acids is 1. The Morgan fingerprint density at radius 3 is 2.67 bits per heavy atom. The van der Waals surface area contributed by atoms with Crippen LogP contribution in [-0.4, -0.2) is 81.3 Å². The van der Waals surface area contributed by atoms with Gasteiger partial charge in [0.05, 0.1) is 10.9 Å². The van der Waals surface area contributed by atoms with Gasteiger partial charge in [0.25, 0.3) is 0 Å². The highest BCUT2D eigenvalue weighted by atomic mass is 35.5. The molecule has 4 aliphatic rings. The van der Waals surface area contributed by atoms with Crippen molar-refractivity contribution in [2.75, 3.05) is 32.8 Å². The Labute approximate surface area is 195 Å². The van der Waals surface area contributed by atoms with Crippen molar-refractivity contribution in [3.8, 4) is 11.9 Å². The molecule has 176 valence electrons. The molecule has 2 unspecified atom stereocenters. The van der Waals surface area contributed by atoms with Crippen LogP contribution in [0, 0.1) is 5.82 Å². The first-order valence-corrected chi connectivity index (χ1v) is 12.0. The first-order valence-electron chi connectivity index (χ1n) is 11.6. The SMILES string of the molecule is O=C(Oc1nc(OCC23CCCN2CCC3)nc2c(F)c(Cl)ncc12)N1C2CCC1CNC2. The van der Waals surface area contributed by atoms with Crippen LogP contribution in [0.4, 0.5) is 9.18 Å². The third-order valence-electron chi connectivity index (χ3n) is 7.64. The second kappa shape index (κ2) is 8.18. The van der Waals surface area contributed by atoms with Gasteiger partial charge in [-0.05, 0) is 51.6 Å². The summed E-state index contributed by atoms with van der Waals surface area (Å²) in [6.07, 6.45) is 7.06. The van der Waals surface area contributed by atoms with Crippen molar-refractivity contribution in [3.63, 3.8) is 0 Å². The van der Waals surface area contributed by atoms with Crippen molar-refractivity contribution in [1.29, 1.82) is 0 Å². The molecule has 2 bridgehead atoms. The average Bonchev–Trinajstić information content (AvgIpc) is 3.46. The Balaban J connectivity index is 1.31. The molecule has 1 amide bonds. The minimum Gasteiger partial charge on any atom is -0.461 e. The first kappa shape index (κ1) is 21.2. The van der Waals surface area contributed by atoms with Gasteiger partial charge in [-0.15, -0.1) is 0 Å². The highest BCUT2D eigenvalue weighted by Crippen LogP contribution is 2.39. The fourth-order valence-corrected chi connectivity index (χ4v) is 6.14. The van der Waals surface area contributed by atoms with E-state index in [1.807, 2.05) is 0 Å². The van der Waals surface area contributed by atoms with Crippen molar-refractivity contribution >= 4 is 28.6 Å². The molecule has 4 saturated heterocycles. The molecule has 0 aromatic carbocycles. The minimum atomic E-state index is -0.789. The number of piperazine rings is 1. The van der Waals surface area contributed by atoms with Gasteiger partial charge in [-0.3, -0.25) is 9.80 Å². The number of aromatic nitrogens is 3.